The van der Waals surface area contributed by atoms with Crippen LogP contribution in [0.25, 0.3) is 0 Å². The van der Waals surface area contributed by atoms with E-state index in [9.17, 15) is 36.0 Å². The zero-order valence-corrected chi connectivity index (χ0v) is 28.3. The van der Waals surface area contributed by atoms with E-state index < -0.39 is 72.0 Å². The van der Waals surface area contributed by atoms with Gasteiger partial charge in [-0.05, 0) is 13.8 Å². The van der Waals surface area contributed by atoms with Gasteiger partial charge in [-0.3, -0.25) is 23.5 Å². The first-order valence-electron chi connectivity index (χ1n) is 8.46. The predicted molar refractivity (Wildman–Crippen MR) is 113 cm³/mol. The van der Waals surface area contributed by atoms with Crippen molar-refractivity contribution in [3.05, 3.63) is 11.1 Å². The van der Waals surface area contributed by atoms with Crippen molar-refractivity contribution in [1.82, 2.24) is 19.3 Å². The average molecular weight is 616 g/mol. The molecule has 18 nitrogen and oxygen atoms in total. The number of carbonyl (C=O) groups is 4. The number of amides is 3. The van der Waals surface area contributed by atoms with E-state index in [1.54, 1.807) is 0 Å². The molecule has 2 heterocycles. The zero-order valence-electron chi connectivity index (χ0n) is 22.9. The van der Waals surface area contributed by atoms with Gasteiger partial charge in [-0.25, -0.2) is 14.5 Å². The molecule has 0 spiro atoms. The largest absolute Gasteiger partial charge is 1.00 e. The van der Waals surface area contributed by atoms with Crippen LogP contribution in [-0.2, 0) is 44.6 Å². The molecule has 1 aliphatic rings. The van der Waals surface area contributed by atoms with Crippen molar-refractivity contribution in [2.45, 2.75) is 31.5 Å². The summed E-state index contributed by atoms with van der Waals surface area (Å²) in [5, 5.41) is 15.5. The number of aromatic nitrogens is 1. The molecule has 194 valence electrons. The van der Waals surface area contributed by atoms with E-state index >= 15 is 0 Å². The maximum atomic E-state index is 12.8. The Bertz CT molecular complexity index is 1310. The summed E-state index contributed by atoms with van der Waals surface area (Å²) in [4.78, 5) is 56.9. The van der Waals surface area contributed by atoms with Crippen molar-refractivity contribution in [2.24, 2.45) is 5.16 Å². The van der Waals surface area contributed by atoms with E-state index in [1.807, 2.05) is 5.32 Å². The molecule has 24 heteroatoms. The number of aliphatic carboxylic acids is 1. The summed E-state index contributed by atoms with van der Waals surface area (Å²) in [5.74, 6) is -6.20. The van der Waals surface area contributed by atoms with Crippen molar-refractivity contribution < 1.29 is 148 Å². The molecule has 0 aliphatic carbocycles. The van der Waals surface area contributed by atoms with E-state index in [0.717, 1.165) is 29.9 Å². The van der Waals surface area contributed by atoms with Crippen LogP contribution in [0.2, 0.25) is 0 Å². The second-order valence-corrected chi connectivity index (χ2v) is 10.2. The minimum absolute atomic E-state index is 0. The number of nitrogens with one attached hydrogen (secondary N) is 2. The third-order valence-corrected chi connectivity index (χ3v) is 5.98. The molecular weight excluding hydrogens is 597 g/mol. The predicted octanol–water partition coefficient (Wildman–Crippen LogP) is -11.9. The summed E-state index contributed by atoms with van der Waals surface area (Å²) in [7, 11) is -10.6. The third-order valence-electron chi connectivity index (χ3n) is 3.94. The molecule has 2 rings (SSSR count). The fraction of sp³-hybridized carbons (Fsp3) is 0.385. The van der Waals surface area contributed by atoms with E-state index in [-0.39, 0.29) is 104 Å². The summed E-state index contributed by atoms with van der Waals surface area (Å²) >= 11 is 0.832. The van der Waals surface area contributed by atoms with Gasteiger partial charge in [0.1, 0.15) is 11.7 Å². The first-order valence-corrected chi connectivity index (χ1v) is 12.2. The van der Waals surface area contributed by atoms with E-state index in [4.69, 9.17) is 24.8 Å². The Hall–Kier alpha value is -0.400. The Balaban J connectivity index is -0.000000681. The van der Waals surface area contributed by atoms with Crippen molar-refractivity contribution in [3.63, 3.8) is 0 Å². The van der Waals surface area contributed by atoms with Crippen LogP contribution in [0.5, 0.6) is 0 Å². The Morgan fingerprint density at radius 3 is 2.16 bits per heavy atom. The Labute approximate surface area is 284 Å². The molecule has 1 fully saturated rings. The number of β-lactam (4-membered cyclic amide) rings is 1. The minimum Gasteiger partial charge on any atom is -1.00 e. The van der Waals surface area contributed by atoms with Crippen LogP contribution in [0, 0.1) is 0 Å². The molecule has 7 N–H and O–H groups in total. The summed E-state index contributed by atoms with van der Waals surface area (Å²) in [6.45, 7) is 2.16. The number of oxime groups is 1. The molecule has 0 bridgehead atoms. The number of nitrogen functional groups attached to an aromatic ring is 1. The van der Waals surface area contributed by atoms with Crippen molar-refractivity contribution in [1.29, 1.82) is 0 Å². The van der Waals surface area contributed by atoms with Crippen LogP contribution in [0.15, 0.2) is 10.5 Å². The van der Waals surface area contributed by atoms with Gasteiger partial charge >= 0.3 is 115 Å². The van der Waals surface area contributed by atoms with Crippen molar-refractivity contribution in [2.75, 3.05) is 5.73 Å². The first kappa shape index (κ1) is 38.7. The summed E-state index contributed by atoms with van der Waals surface area (Å²) in [6.07, 6.45) is 0. The van der Waals surface area contributed by atoms with Gasteiger partial charge < -0.3 is 25.3 Å². The van der Waals surface area contributed by atoms with Gasteiger partial charge in [0.05, 0.1) is 0 Å². The zero-order chi connectivity index (χ0) is 26.2. The molecule has 1 aliphatic heterocycles. The monoisotopic (exact) mass is 616 g/mol. The fourth-order valence-electron chi connectivity index (χ4n) is 2.32. The number of hydrogen-bond donors (Lipinski definition) is 6. The Morgan fingerprint density at radius 1 is 1.22 bits per heavy atom. The molecule has 0 saturated carbocycles. The average Bonchev–Trinajstić information content (AvgIpc) is 3.07. The normalized spacial score (nSPS) is 17.7. The number of thiazole rings is 1. The molecule has 1 aromatic rings. The van der Waals surface area contributed by atoms with Crippen molar-refractivity contribution >= 4 is 66.5 Å². The second kappa shape index (κ2) is 14.3. The SMILES string of the molecule is CC(C)(O/N=C(/C(=O)N[C@H]1C(=O)N(S(=O)(=O)O)[C@H]1C(=O)NS(=O)(=O)O)c1csc(N)n1)C(=O)O.[H-].[H-].[H-].[Na+].[Na+].[Na+]. The Morgan fingerprint density at radius 2 is 1.76 bits per heavy atom. The molecular formula is C13H19N6Na3O12S3. The van der Waals surface area contributed by atoms with Gasteiger partial charge in [0.2, 0.25) is 5.60 Å². The first-order chi connectivity index (χ1) is 15.3. The Kier molecular flexibility index (Phi) is 15.0. The number of carboxylic acid groups (broad SMARTS) is 1. The molecule has 1 aromatic heterocycles. The van der Waals surface area contributed by atoms with Gasteiger partial charge in [-0.1, -0.05) is 5.16 Å². The maximum absolute atomic E-state index is 12.8. The number of rotatable bonds is 9. The van der Waals surface area contributed by atoms with Gasteiger partial charge in [0.25, 0.3) is 17.7 Å². The molecule has 0 aromatic carbocycles. The number of carboxylic acids is 1. The number of anilines is 1. The van der Waals surface area contributed by atoms with Crippen LogP contribution >= 0.6 is 11.3 Å². The molecule has 3 amide bonds. The summed E-state index contributed by atoms with van der Waals surface area (Å²) in [6, 6.07) is -4.42. The van der Waals surface area contributed by atoms with Crippen LogP contribution in [0.1, 0.15) is 23.8 Å². The van der Waals surface area contributed by atoms with E-state index in [0.29, 0.717) is 0 Å². The number of hydrogen-bond acceptors (Lipinski definition) is 13. The van der Waals surface area contributed by atoms with Crippen molar-refractivity contribution in [3.8, 4) is 0 Å². The smallest absolute Gasteiger partial charge is 1.00 e. The minimum atomic E-state index is -5.39. The van der Waals surface area contributed by atoms with Gasteiger partial charge in [0.15, 0.2) is 16.9 Å². The van der Waals surface area contributed by atoms with Crippen LogP contribution in [0.3, 0.4) is 0 Å². The number of nitrogens with zero attached hydrogens (tertiary/aromatic N) is 3. The molecule has 37 heavy (non-hydrogen) atoms. The molecule has 0 radical (unpaired) electrons. The summed E-state index contributed by atoms with van der Waals surface area (Å²) < 4.78 is 63.0. The molecule has 2 atom stereocenters. The molecule has 0 unspecified atom stereocenters. The molecule has 1 saturated heterocycles. The number of nitrogens with two attached hydrogens (primary N) is 1. The standard InChI is InChI=1S/C13H16N6O12S3.3Na.3H/c1-13(2,11(23)24)31-17-5(4-3-32-12(14)15-4)8(20)16-6-7(9(21)18-33(25,26)27)19(10(6)22)34(28,29)30;;;;;;/h3,6-7H,1-2H3,(H2,14,15)(H,16,20)(H,18,21)(H,23,24)(H,25,26,27)(H,28,29,30);;;;;;/q;3*+1;3*-1/b17-5+;;;;;;/t6-,7-;;;;;;/m1....../s1. The second-order valence-electron chi connectivity index (χ2n) is 6.87. The van der Waals surface area contributed by atoms with E-state index in [1.165, 1.54) is 5.38 Å². The topological polar surface area (TPSA) is 285 Å². The fourth-order valence-corrected chi connectivity index (χ4v) is 4.08. The summed E-state index contributed by atoms with van der Waals surface area (Å²) in [5.41, 5.74) is 2.53. The van der Waals surface area contributed by atoms with Gasteiger partial charge in [0, 0.05) is 5.38 Å². The van der Waals surface area contributed by atoms with Crippen LogP contribution in [0.4, 0.5) is 5.13 Å². The number of carbonyl (C=O) groups excluding carboxylic acids is 3. The van der Waals surface area contributed by atoms with E-state index in [2.05, 4.69) is 10.1 Å². The third kappa shape index (κ3) is 9.94. The van der Waals surface area contributed by atoms with Gasteiger partial charge in [-0.15, -0.1) is 11.3 Å². The van der Waals surface area contributed by atoms with Crippen LogP contribution < -0.4 is 104 Å². The van der Waals surface area contributed by atoms with Crippen LogP contribution in [-0.4, -0.2) is 87.4 Å². The maximum Gasteiger partial charge on any atom is 1.00 e. The quantitative estimate of drug-likeness (QED) is 0.0494. The van der Waals surface area contributed by atoms with Gasteiger partial charge in [-0.2, -0.15) is 21.1 Å².